The lowest BCUT2D eigenvalue weighted by Gasteiger charge is -2.62. The molecule has 314 valence electrons. The molecule has 3 aromatic carbocycles. The van der Waals surface area contributed by atoms with Gasteiger partial charge in [0.15, 0.2) is 40.0 Å². The molecule has 0 aliphatic carbocycles. The van der Waals surface area contributed by atoms with Gasteiger partial charge in [-0.05, 0) is 68.1 Å². The van der Waals surface area contributed by atoms with Gasteiger partial charge in [0.05, 0.1) is 44.0 Å². The molecule has 7 aliphatic rings. The number of nitrogens with one attached hydrogen (secondary N) is 1. The Hall–Kier alpha value is -4.45. The number of piperazine rings is 1. The van der Waals surface area contributed by atoms with Crippen LogP contribution in [0.1, 0.15) is 75.2 Å². The molecule has 3 aromatic rings. The van der Waals surface area contributed by atoms with Crippen LogP contribution in [0, 0.1) is 13.8 Å². The third-order valence-corrected chi connectivity index (χ3v) is 14.4. The van der Waals surface area contributed by atoms with Crippen LogP contribution >= 0.6 is 23.4 Å². The number of esters is 3. The number of likely N-dealkylation sites (N-methyl/N-ethyl adjacent to an activating group) is 1. The van der Waals surface area contributed by atoms with Gasteiger partial charge in [0, 0.05) is 53.4 Å². The summed E-state index contributed by atoms with van der Waals surface area (Å²) in [5.74, 6) is 0.626. The molecule has 7 heterocycles. The number of nitrogens with zero attached hydrogens (tertiary/aromatic N) is 2. The number of aliphatic hydroxyl groups is 1. The van der Waals surface area contributed by atoms with Crippen molar-refractivity contribution < 1.29 is 57.8 Å². The third-order valence-electron chi connectivity index (χ3n) is 12.8. The van der Waals surface area contributed by atoms with Crippen molar-refractivity contribution in [3.8, 4) is 40.2 Å². The van der Waals surface area contributed by atoms with Gasteiger partial charge in [0.25, 0.3) is 0 Å². The van der Waals surface area contributed by atoms with E-state index in [2.05, 4.69) is 10.2 Å². The molecule has 17 heteroatoms. The summed E-state index contributed by atoms with van der Waals surface area (Å²) in [5, 5.41) is 27.6. The van der Waals surface area contributed by atoms with E-state index in [0.717, 1.165) is 16.7 Å². The van der Waals surface area contributed by atoms with Gasteiger partial charge < -0.3 is 43.4 Å². The Balaban J connectivity index is 1.27. The van der Waals surface area contributed by atoms with Crippen molar-refractivity contribution in [3.05, 3.63) is 62.7 Å². The summed E-state index contributed by atoms with van der Waals surface area (Å²) in [5.41, 5.74) is 4.13. The predicted molar refractivity (Wildman–Crippen MR) is 214 cm³/mol. The van der Waals surface area contributed by atoms with Crippen LogP contribution in [0.2, 0.25) is 0 Å². The minimum absolute atomic E-state index is 0.00785. The average molecular weight is 852 g/mol. The van der Waals surface area contributed by atoms with Crippen LogP contribution in [0.25, 0.3) is 0 Å². The molecule has 2 fully saturated rings. The van der Waals surface area contributed by atoms with E-state index in [9.17, 15) is 24.6 Å². The Bertz CT molecular complexity index is 2290. The fourth-order valence-electron chi connectivity index (χ4n) is 10.3. The fourth-order valence-corrected chi connectivity index (χ4v) is 12.2. The van der Waals surface area contributed by atoms with Crippen LogP contribution in [-0.2, 0) is 37.5 Å². The maximum absolute atomic E-state index is 14.9. The fraction of sp³-hybridized carbons (Fsp3) is 0.500. The number of hydrogen-bond acceptors (Lipinski definition) is 16. The largest absolute Gasteiger partial charge is 0.504 e. The number of halogens is 1. The van der Waals surface area contributed by atoms with Gasteiger partial charge in [0.2, 0.25) is 6.79 Å². The molecule has 0 saturated carbocycles. The number of aliphatic hydroxyl groups excluding tert-OH is 1. The summed E-state index contributed by atoms with van der Waals surface area (Å²) in [6.45, 7) is 5.14. The van der Waals surface area contributed by atoms with Crippen LogP contribution in [0.15, 0.2) is 18.2 Å². The van der Waals surface area contributed by atoms with Crippen LogP contribution in [0.4, 0.5) is 0 Å². The Morgan fingerprint density at radius 3 is 2.53 bits per heavy atom. The molecule has 2 saturated heterocycles. The van der Waals surface area contributed by atoms with Crippen molar-refractivity contribution in [1.29, 1.82) is 0 Å². The lowest BCUT2D eigenvalue weighted by Crippen LogP contribution is -2.70. The second-order valence-corrected chi connectivity index (χ2v) is 17.3. The molecule has 0 amide bonds. The lowest BCUT2D eigenvalue weighted by molar-refractivity contribution is -0.186. The van der Waals surface area contributed by atoms with Crippen LogP contribution in [-0.4, -0.2) is 109 Å². The number of aromatic hydroxyl groups is 1. The molecule has 7 aliphatic heterocycles. The van der Waals surface area contributed by atoms with Crippen molar-refractivity contribution in [2.75, 3.05) is 52.8 Å². The van der Waals surface area contributed by atoms with Crippen LogP contribution in [0.5, 0.6) is 40.2 Å². The highest BCUT2D eigenvalue weighted by atomic mass is 35.5. The van der Waals surface area contributed by atoms with Crippen LogP contribution < -0.4 is 33.7 Å². The minimum atomic E-state index is -1.42. The van der Waals surface area contributed by atoms with Crippen molar-refractivity contribution in [2.45, 2.75) is 81.2 Å². The van der Waals surface area contributed by atoms with Gasteiger partial charge in [-0.2, -0.15) is 0 Å². The van der Waals surface area contributed by atoms with Gasteiger partial charge in [-0.1, -0.05) is 6.07 Å². The average Bonchev–Trinajstić information content (AvgIpc) is 3.70. The molecule has 0 radical (unpaired) electrons. The number of phenolic OH excluding ortho intramolecular Hbond substituents is 1. The standard InChI is InChI=1S/C42H46ClN3O12S/c1-18-11-22-12-24-40(50)46-25-15-54-41(51)42(23-14-26(52-5)27(58-28(48)7-9-43)13-21(23)8-10-44-42)16-59-39(33(46)32(45(24)4)29(22)34(49)35(18)53-6)31-30(25)38-37(55-17-56-38)19(2)36(31)57-20(3)47/h11,13-14,24-25,32-33,39-40,44,49-50H,7-10,12,15-17H2,1-6H3/t24-,25-,32+,33?,39+,40-,42+/m0/s1. The molecule has 0 aromatic heterocycles. The monoisotopic (exact) mass is 851 g/mol. The zero-order valence-electron chi connectivity index (χ0n) is 33.5. The molecule has 4 bridgehead atoms. The maximum atomic E-state index is 14.9. The van der Waals surface area contributed by atoms with Crippen molar-refractivity contribution in [3.63, 3.8) is 0 Å². The summed E-state index contributed by atoms with van der Waals surface area (Å²) >= 11 is 7.27. The molecule has 7 atom stereocenters. The molecule has 10 rings (SSSR count). The molecule has 59 heavy (non-hydrogen) atoms. The highest BCUT2D eigenvalue weighted by Gasteiger charge is 2.61. The molecule has 1 unspecified atom stereocenters. The van der Waals surface area contributed by atoms with E-state index in [0.29, 0.717) is 70.2 Å². The summed E-state index contributed by atoms with van der Waals surface area (Å²) < 4.78 is 42.0. The van der Waals surface area contributed by atoms with Crippen molar-refractivity contribution >= 4 is 41.3 Å². The first-order valence-corrected chi connectivity index (χ1v) is 21.2. The smallest absolute Gasteiger partial charge is 0.331 e. The topological polar surface area (TPSA) is 175 Å². The van der Waals surface area contributed by atoms with Crippen molar-refractivity contribution in [1.82, 2.24) is 15.1 Å². The summed E-state index contributed by atoms with van der Waals surface area (Å²) in [6, 6.07) is 3.12. The van der Waals surface area contributed by atoms with E-state index in [4.69, 9.17) is 44.8 Å². The Kier molecular flexibility index (Phi) is 10.1. The highest BCUT2D eigenvalue weighted by molar-refractivity contribution is 7.99. The van der Waals surface area contributed by atoms with E-state index in [1.165, 1.54) is 32.9 Å². The molecular formula is C42H46ClN3O12S. The summed E-state index contributed by atoms with van der Waals surface area (Å²) in [7, 11) is 4.94. The van der Waals surface area contributed by atoms with Crippen molar-refractivity contribution in [2.24, 2.45) is 0 Å². The third kappa shape index (κ3) is 5.96. The predicted octanol–water partition coefficient (Wildman–Crippen LogP) is 4.24. The number of benzene rings is 3. The van der Waals surface area contributed by atoms with Crippen LogP contribution in [0.3, 0.4) is 0 Å². The quantitative estimate of drug-likeness (QED) is 0.182. The van der Waals surface area contributed by atoms with Gasteiger partial charge in [-0.3, -0.25) is 24.7 Å². The number of thioether (sulfide) groups is 1. The number of alkyl halides is 1. The highest BCUT2D eigenvalue weighted by Crippen LogP contribution is 2.64. The van der Waals surface area contributed by atoms with Gasteiger partial charge >= 0.3 is 17.9 Å². The number of carbonyl (C=O) groups excluding carboxylic acids is 3. The molecular weight excluding hydrogens is 806 g/mol. The summed E-state index contributed by atoms with van der Waals surface area (Å²) in [6.07, 6.45) is -0.113. The van der Waals surface area contributed by atoms with E-state index < -0.39 is 59.1 Å². The number of ether oxygens (including phenoxy) is 7. The molecule has 3 N–H and O–H groups in total. The van der Waals surface area contributed by atoms with E-state index in [1.54, 1.807) is 12.1 Å². The Labute approximate surface area is 350 Å². The number of rotatable bonds is 6. The minimum Gasteiger partial charge on any atom is -0.504 e. The van der Waals surface area contributed by atoms with Gasteiger partial charge in [0.1, 0.15) is 18.6 Å². The second-order valence-electron chi connectivity index (χ2n) is 15.8. The first kappa shape index (κ1) is 40.0. The number of hydrogen-bond donors (Lipinski definition) is 3. The molecule has 1 spiro atoms. The second kappa shape index (κ2) is 14.9. The maximum Gasteiger partial charge on any atom is 0.331 e. The normalized spacial score (nSPS) is 27.8. The number of phenols is 1. The SMILES string of the molecule is COc1cc2c(cc1OC(=O)CCCl)CCN[C@]21CS[C@@H]2c3c(OC(C)=O)c(C)c4c(c3[C@H](COC1=O)N1C2[C@H]2c3c(cc(C)c(OC)c3O)C[C@@H]([C@@H]1O)N2C)OCO4. The van der Waals surface area contributed by atoms with E-state index >= 15 is 0 Å². The molecule has 15 nitrogen and oxygen atoms in total. The van der Waals surface area contributed by atoms with Gasteiger partial charge in [-0.15, -0.1) is 23.4 Å². The first-order chi connectivity index (χ1) is 28.3. The number of methoxy groups -OCH3 is 2. The lowest BCUT2D eigenvalue weighted by atomic mass is 9.73. The Morgan fingerprint density at radius 2 is 1.80 bits per heavy atom. The number of aryl methyl sites for hydroxylation is 1. The van der Waals surface area contributed by atoms with E-state index in [1.807, 2.05) is 31.9 Å². The Morgan fingerprint density at radius 1 is 1.02 bits per heavy atom. The summed E-state index contributed by atoms with van der Waals surface area (Å²) in [4.78, 5) is 44.6. The van der Waals surface area contributed by atoms with Gasteiger partial charge in [-0.25, -0.2) is 4.79 Å². The van der Waals surface area contributed by atoms with E-state index in [-0.39, 0.29) is 48.7 Å². The first-order valence-electron chi connectivity index (χ1n) is 19.6. The number of carbonyl (C=O) groups is 3. The zero-order valence-corrected chi connectivity index (χ0v) is 35.1. The zero-order chi connectivity index (χ0) is 41.7. The number of fused-ring (bicyclic) bond motifs is 9.